The first-order valence-electron chi connectivity index (χ1n) is 6.12. The maximum absolute atomic E-state index is 11.9. The van der Waals surface area contributed by atoms with Crippen LogP contribution in [0.3, 0.4) is 0 Å². The van der Waals surface area contributed by atoms with Crippen LogP contribution >= 0.6 is 11.8 Å². The monoisotopic (exact) mass is 266 g/mol. The van der Waals surface area contributed by atoms with Gasteiger partial charge in [0.25, 0.3) is 5.91 Å². The molecule has 0 bridgehead atoms. The molecule has 1 aliphatic heterocycles. The second kappa shape index (κ2) is 5.18. The molecule has 0 saturated carbocycles. The standard InChI is InChI=1S/C13H18N2O2S/c1-9-6-11(16)10(7-14-9)12(17)15-8-13(2)4-3-5-18-13/h6-7H,3-5,8H2,1-2H3,(H,14,16)(H,15,17). The molecule has 0 aliphatic carbocycles. The number of hydrogen-bond donors (Lipinski definition) is 2. The van der Waals surface area contributed by atoms with Gasteiger partial charge in [-0.3, -0.25) is 9.59 Å². The van der Waals surface area contributed by atoms with Gasteiger partial charge in [0.1, 0.15) is 5.56 Å². The van der Waals surface area contributed by atoms with Gasteiger partial charge in [-0.25, -0.2) is 0 Å². The van der Waals surface area contributed by atoms with Crippen molar-refractivity contribution in [3.8, 4) is 0 Å². The highest BCUT2D eigenvalue weighted by molar-refractivity contribution is 8.00. The first-order chi connectivity index (χ1) is 8.50. The maximum Gasteiger partial charge on any atom is 0.256 e. The second-order valence-corrected chi connectivity index (χ2v) is 6.66. The lowest BCUT2D eigenvalue weighted by Crippen LogP contribution is -2.38. The average Bonchev–Trinajstić information content (AvgIpc) is 2.74. The van der Waals surface area contributed by atoms with E-state index >= 15 is 0 Å². The molecule has 2 N–H and O–H groups in total. The third-order valence-corrected chi connectivity index (χ3v) is 4.76. The van der Waals surface area contributed by atoms with Gasteiger partial charge in [0.05, 0.1) is 0 Å². The lowest BCUT2D eigenvalue weighted by Gasteiger charge is -2.22. The third-order valence-electron chi connectivity index (χ3n) is 3.23. The van der Waals surface area contributed by atoms with Gasteiger partial charge in [0, 0.05) is 29.2 Å². The van der Waals surface area contributed by atoms with E-state index in [1.54, 1.807) is 6.92 Å². The van der Waals surface area contributed by atoms with E-state index in [4.69, 9.17) is 0 Å². The van der Waals surface area contributed by atoms with Gasteiger partial charge in [-0.15, -0.1) is 0 Å². The van der Waals surface area contributed by atoms with Gasteiger partial charge in [-0.1, -0.05) is 0 Å². The number of aromatic nitrogens is 1. The van der Waals surface area contributed by atoms with Crippen LogP contribution in [-0.2, 0) is 0 Å². The smallest absolute Gasteiger partial charge is 0.256 e. The highest BCUT2D eigenvalue weighted by atomic mass is 32.2. The number of H-pyrrole nitrogens is 1. The van der Waals surface area contributed by atoms with Crippen molar-refractivity contribution in [1.29, 1.82) is 0 Å². The summed E-state index contributed by atoms with van der Waals surface area (Å²) in [4.78, 5) is 26.5. The van der Waals surface area contributed by atoms with Gasteiger partial charge in [0.15, 0.2) is 5.43 Å². The molecule has 1 aliphatic rings. The maximum atomic E-state index is 11.9. The van der Waals surface area contributed by atoms with Crippen molar-refractivity contribution in [2.45, 2.75) is 31.4 Å². The molecule has 1 aromatic heterocycles. The molecule has 1 saturated heterocycles. The Balaban J connectivity index is 2.01. The van der Waals surface area contributed by atoms with Crippen LogP contribution in [0.15, 0.2) is 17.1 Å². The molecule has 0 aromatic carbocycles. The molecule has 5 heteroatoms. The molecule has 0 radical (unpaired) electrons. The zero-order valence-electron chi connectivity index (χ0n) is 10.7. The molecule has 1 aromatic rings. The minimum absolute atomic E-state index is 0.118. The van der Waals surface area contributed by atoms with E-state index in [0.717, 1.165) is 17.9 Å². The quantitative estimate of drug-likeness (QED) is 0.875. The highest BCUT2D eigenvalue weighted by Gasteiger charge is 2.30. The van der Waals surface area contributed by atoms with Crippen molar-refractivity contribution in [3.63, 3.8) is 0 Å². The topological polar surface area (TPSA) is 62.0 Å². The number of aryl methyl sites for hydroxylation is 1. The molecule has 18 heavy (non-hydrogen) atoms. The van der Waals surface area contributed by atoms with E-state index in [-0.39, 0.29) is 21.6 Å². The van der Waals surface area contributed by atoms with E-state index < -0.39 is 0 Å². The molecule has 4 nitrogen and oxygen atoms in total. The zero-order valence-corrected chi connectivity index (χ0v) is 11.5. The summed E-state index contributed by atoms with van der Waals surface area (Å²) in [6.45, 7) is 4.56. The van der Waals surface area contributed by atoms with Crippen molar-refractivity contribution in [3.05, 3.63) is 33.7 Å². The summed E-state index contributed by atoms with van der Waals surface area (Å²) in [6, 6.07) is 1.45. The first kappa shape index (κ1) is 13.2. The number of nitrogens with one attached hydrogen (secondary N) is 2. The van der Waals surface area contributed by atoms with E-state index in [2.05, 4.69) is 17.2 Å². The summed E-state index contributed by atoms with van der Waals surface area (Å²) in [5.41, 5.74) is 0.718. The van der Waals surface area contributed by atoms with Gasteiger partial charge in [0.2, 0.25) is 0 Å². The summed E-state index contributed by atoms with van der Waals surface area (Å²) < 4.78 is 0.118. The Morgan fingerprint density at radius 1 is 1.61 bits per heavy atom. The molecule has 1 amide bonds. The second-order valence-electron chi connectivity index (χ2n) is 4.98. The normalized spacial score (nSPS) is 23.0. The van der Waals surface area contributed by atoms with E-state index in [9.17, 15) is 9.59 Å². The number of thioether (sulfide) groups is 1. The summed E-state index contributed by atoms with van der Waals surface area (Å²) in [6.07, 6.45) is 3.79. The summed E-state index contributed by atoms with van der Waals surface area (Å²) >= 11 is 1.89. The van der Waals surface area contributed by atoms with Crippen LogP contribution in [0, 0.1) is 6.92 Å². The fraction of sp³-hybridized carbons (Fsp3) is 0.538. The van der Waals surface area contributed by atoms with E-state index in [0.29, 0.717) is 6.54 Å². The minimum atomic E-state index is -0.287. The minimum Gasteiger partial charge on any atom is -0.364 e. The highest BCUT2D eigenvalue weighted by Crippen LogP contribution is 2.36. The van der Waals surface area contributed by atoms with Crippen LogP contribution in [0.4, 0.5) is 0 Å². The third kappa shape index (κ3) is 2.96. The Hall–Kier alpha value is -1.23. The lowest BCUT2D eigenvalue weighted by atomic mass is 10.1. The van der Waals surface area contributed by atoms with E-state index in [1.165, 1.54) is 18.7 Å². The molecule has 2 heterocycles. The van der Waals surface area contributed by atoms with Crippen molar-refractivity contribution in [2.24, 2.45) is 0 Å². The number of carbonyl (C=O) groups excluding carboxylic acids is 1. The predicted molar refractivity (Wildman–Crippen MR) is 74.2 cm³/mol. The zero-order chi connectivity index (χ0) is 13.2. The van der Waals surface area contributed by atoms with Crippen LogP contribution in [0.25, 0.3) is 0 Å². The Kier molecular flexibility index (Phi) is 3.80. The number of carbonyl (C=O) groups is 1. The fourth-order valence-electron chi connectivity index (χ4n) is 2.09. The lowest BCUT2D eigenvalue weighted by molar-refractivity contribution is 0.0948. The van der Waals surface area contributed by atoms with Crippen molar-refractivity contribution >= 4 is 17.7 Å². The van der Waals surface area contributed by atoms with Crippen molar-refractivity contribution in [2.75, 3.05) is 12.3 Å². The summed E-state index contributed by atoms with van der Waals surface area (Å²) in [7, 11) is 0. The Morgan fingerprint density at radius 3 is 3.00 bits per heavy atom. The molecule has 98 valence electrons. The van der Waals surface area contributed by atoms with Gasteiger partial charge in [-0.05, 0) is 32.4 Å². The van der Waals surface area contributed by atoms with Crippen LogP contribution in [0.2, 0.25) is 0 Å². The van der Waals surface area contributed by atoms with Crippen LogP contribution in [0.5, 0.6) is 0 Å². The van der Waals surface area contributed by atoms with Crippen LogP contribution < -0.4 is 10.7 Å². The fourth-order valence-corrected chi connectivity index (χ4v) is 3.33. The molecule has 1 fully saturated rings. The number of rotatable bonds is 3. The molecule has 2 rings (SSSR count). The number of pyridine rings is 1. The molecular weight excluding hydrogens is 248 g/mol. The Labute approximate surface area is 111 Å². The molecule has 1 unspecified atom stereocenters. The van der Waals surface area contributed by atoms with Gasteiger partial charge < -0.3 is 10.3 Å². The number of aromatic amines is 1. The molecule has 1 atom stereocenters. The van der Waals surface area contributed by atoms with Crippen LogP contribution in [-0.4, -0.2) is 27.9 Å². The van der Waals surface area contributed by atoms with Crippen molar-refractivity contribution < 1.29 is 4.79 Å². The Bertz CT molecular complexity index is 504. The number of hydrogen-bond acceptors (Lipinski definition) is 3. The molecule has 0 spiro atoms. The average molecular weight is 266 g/mol. The SMILES string of the molecule is Cc1cc(=O)c(C(=O)NCC2(C)CCCS2)c[nH]1. The Morgan fingerprint density at radius 2 is 2.39 bits per heavy atom. The van der Waals surface area contributed by atoms with E-state index in [1.807, 2.05) is 11.8 Å². The first-order valence-corrected chi connectivity index (χ1v) is 7.10. The van der Waals surface area contributed by atoms with Gasteiger partial charge >= 0.3 is 0 Å². The van der Waals surface area contributed by atoms with Crippen molar-refractivity contribution in [1.82, 2.24) is 10.3 Å². The van der Waals surface area contributed by atoms with Crippen LogP contribution in [0.1, 0.15) is 35.8 Å². The summed E-state index contributed by atoms with van der Waals surface area (Å²) in [5, 5.41) is 2.86. The summed E-state index contributed by atoms with van der Waals surface area (Å²) in [5.74, 6) is 0.863. The number of amides is 1. The predicted octanol–water partition coefficient (Wildman–Crippen LogP) is 1.70. The van der Waals surface area contributed by atoms with Gasteiger partial charge in [-0.2, -0.15) is 11.8 Å². The molecular formula is C13H18N2O2S. The largest absolute Gasteiger partial charge is 0.364 e.